The number of rotatable bonds is 4. The molecule has 3 aromatic rings. The van der Waals surface area contributed by atoms with Crippen molar-refractivity contribution in [3.8, 4) is 0 Å². The first-order valence-electron chi connectivity index (χ1n) is 8.54. The second-order valence-electron chi connectivity index (χ2n) is 6.53. The van der Waals surface area contributed by atoms with E-state index in [4.69, 9.17) is 0 Å². The topological polar surface area (TPSA) is 57.8 Å². The molecule has 4 heteroatoms. The standard InChI is InChI=1S/C20H21N3O/c24-19(12-14-8-9-18-16(11-14)13-22-23-18)20-17(7-4-10-21-20)15-5-2-1-3-6-15/h1-3,5-6,8-9,11,13,17,20-21H,4,7,10,12H2,(H,22,23). The molecule has 122 valence electrons. The normalized spacial score (nSPS) is 21.0. The van der Waals surface area contributed by atoms with Gasteiger partial charge in [0, 0.05) is 17.7 Å². The van der Waals surface area contributed by atoms with E-state index in [9.17, 15) is 4.79 Å². The van der Waals surface area contributed by atoms with Crippen molar-refractivity contribution >= 4 is 16.7 Å². The van der Waals surface area contributed by atoms with Gasteiger partial charge in [-0.25, -0.2) is 0 Å². The minimum atomic E-state index is -0.0961. The number of fused-ring (bicyclic) bond motifs is 1. The van der Waals surface area contributed by atoms with Crippen LogP contribution in [0.2, 0.25) is 0 Å². The Kier molecular flexibility index (Phi) is 4.13. The molecule has 1 aliphatic rings. The molecule has 1 saturated heterocycles. The monoisotopic (exact) mass is 319 g/mol. The molecule has 0 bridgehead atoms. The number of benzene rings is 2. The van der Waals surface area contributed by atoms with E-state index in [1.54, 1.807) is 6.20 Å². The number of H-pyrrole nitrogens is 1. The number of carbonyl (C=O) groups is 1. The van der Waals surface area contributed by atoms with E-state index in [2.05, 4.69) is 45.8 Å². The molecule has 24 heavy (non-hydrogen) atoms. The molecule has 1 fully saturated rings. The molecule has 4 nitrogen and oxygen atoms in total. The summed E-state index contributed by atoms with van der Waals surface area (Å²) >= 11 is 0. The van der Waals surface area contributed by atoms with Crippen molar-refractivity contribution in [2.75, 3.05) is 6.54 Å². The molecule has 2 unspecified atom stereocenters. The van der Waals surface area contributed by atoms with Gasteiger partial charge in [-0.1, -0.05) is 36.4 Å². The van der Waals surface area contributed by atoms with Crippen LogP contribution in [-0.2, 0) is 11.2 Å². The molecule has 0 amide bonds. The molecule has 0 spiro atoms. The number of hydrogen-bond acceptors (Lipinski definition) is 3. The summed E-state index contributed by atoms with van der Waals surface area (Å²) < 4.78 is 0. The number of Topliss-reactive ketones (excluding diaryl/α,β-unsaturated/α-hetero) is 1. The predicted molar refractivity (Wildman–Crippen MR) is 95.0 cm³/mol. The van der Waals surface area contributed by atoms with Gasteiger partial charge in [-0.3, -0.25) is 9.89 Å². The maximum Gasteiger partial charge on any atom is 0.154 e. The van der Waals surface area contributed by atoms with E-state index >= 15 is 0 Å². The summed E-state index contributed by atoms with van der Waals surface area (Å²) in [6.45, 7) is 0.917. The van der Waals surface area contributed by atoms with Gasteiger partial charge < -0.3 is 5.32 Å². The van der Waals surface area contributed by atoms with Crippen LogP contribution in [0.15, 0.2) is 54.7 Å². The van der Waals surface area contributed by atoms with E-state index in [0.717, 1.165) is 35.9 Å². The minimum absolute atomic E-state index is 0.0961. The zero-order valence-corrected chi connectivity index (χ0v) is 13.5. The molecule has 2 aromatic carbocycles. The quantitative estimate of drug-likeness (QED) is 0.776. The fourth-order valence-electron chi connectivity index (χ4n) is 3.70. The molecule has 2 atom stereocenters. The maximum atomic E-state index is 12.9. The number of ketones is 1. The zero-order valence-electron chi connectivity index (χ0n) is 13.5. The molecule has 1 aromatic heterocycles. The molecule has 0 aliphatic carbocycles. The van der Waals surface area contributed by atoms with Gasteiger partial charge in [0.1, 0.15) is 0 Å². The highest BCUT2D eigenvalue weighted by atomic mass is 16.1. The van der Waals surface area contributed by atoms with E-state index in [0.29, 0.717) is 6.42 Å². The summed E-state index contributed by atoms with van der Waals surface area (Å²) in [6, 6.07) is 16.4. The molecule has 0 saturated carbocycles. The summed E-state index contributed by atoms with van der Waals surface area (Å²) in [5, 5.41) is 11.5. The van der Waals surface area contributed by atoms with Crippen LogP contribution in [0.25, 0.3) is 10.9 Å². The average Bonchev–Trinajstić information content (AvgIpc) is 3.10. The third-order valence-corrected chi connectivity index (χ3v) is 4.92. The van der Waals surface area contributed by atoms with E-state index in [1.165, 1.54) is 5.56 Å². The zero-order chi connectivity index (χ0) is 16.4. The Hall–Kier alpha value is -2.46. The van der Waals surface area contributed by atoms with E-state index in [-0.39, 0.29) is 17.7 Å². The lowest BCUT2D eigenvalue weighted by molar-refractivity contribution is -0.121. The predicted octanol–water partition coefficient (Wildman–Crippen LogP) is 3.21. The van der Waals surface area contributed by atoms with Crippen LogP contribution in [0.3, 0.4) is 0 Å². The Morgan fingerprint density at radius 1 is 1.17 bits per heavy atom. The van der Waals surface area contributed by atoms with E-state index in [1.807, 2.05) is 18.2 Å². The third-order valence-electron chi connectivity index (χ3n) is 4.92. The Morgan fingerprint density at radius 3 is 2.92 bits per heavy atom. The fraction of sp³-hybridized carbons (Fsp3) is 0.300. The van der Waals surface area contributed by atoms with Crippen molar-refractivity contribution in [3.63, 3.8) is 0 Å². The van der Waals surface area contributed by atoms with Crippen LogP contribution in [0.4, 0.5) is 0 Å². The van der Waals surface area contributed by atoms with Crippen molar-refractivity contribution in [1.82, 2.24) is 15.5 Å². The molecule has 2 N–H and O–H groups in total. The molecular formula is C20H21N3O. The van der Waals surface area contributed by atoms with Gasteiger partial charge in [-0.15, -0.1) is 0 Å². The molecular weight excluding hydrogens is 298 g/mol. The Labute approximate surface area is 141 Å². The molecule has 4 rings (SSSR count). The Morgan fingerprint density at radius 2 is 2.04 bits per heavy atom. The van der Waals surface area contributed by atoms with Crippen molar-refractivity contribution in [1.29, 1.82) is 0 Å². The van der Waals surface area contributed by atoms with Gasteiger partial charge in [-0.2, -0.15) is 5.10 Å². The van der Waals surface area contributed by atoms with Gasteiger partial charge in [0.2, 0.25) is 0 Å². The van der Waals surface area contributed by atoms with Crippen LogP contribution in [0.5, 0.6) is 0 Å². The lowest BCUT2D eigenvalue weighted by atomic mass is 9.81. The fourth-order valence-corrected chi connectivity index (χ4v) is 3.70. The lowest BCUT2D eigenvalue weighted by Crippen LogP contribution is -2.46. The van der Waals surface area contributed by atoms with Crippen LogP contribution in [-0.4, -0.2) is 28.6 Å². The summed E-state index contributed by atoms with van der Waals surface area (Å²) in [5.41, 5.74) is 3.31. The summed E-state index contributed by atoms with van der Waals surface area (Å²) in [6.07, 6.45) is 4.44. The second kappa shape index (κ2) is 6.57. The second-order valence-corrected chi connectivity index (χ2v) is 6.53. The van der Waals surface area contributed by atoms with E-state index < -0.39 is 0 Å². The van der Waals surface area contributed by atoms with Crippen molar-refractivity contribution in [3.05, 3.63) is 65.9 Å². The Bertz CT molecular complexity index is 840. The highest BCUT2D eigenvalue weighted by molar-refractivity contribution is 5.88. The number of nitrogens with zero attached hydrogens (tertiary/aromatic N) is 1. The third kappa shape index (κ3) is 2.97. The number of nitrogens with one attached hydrogen (secondary N) is 2. The lowest BCUT2D eigenvalue weighted by Gasteiger charge is -2.32. The maximum absolute atomic E-state index is 12.9. The van der Waals surface area contributed by atoms with Gasteiger partial charge in [0.25, 0.3) is 0 Å². The SMILES string of the molecule is O=C(Cc1ccc2[nH]ncc2c1)C1NCCCC1c1ccccc1. The first-order valence-corrected chi connectivity index (χ1v) is 8.54. The van der Waals surface area contributed by atoms with Crippen molar-refractivity contribution < 1.29 is 4.79 Å². The van der Waals surface area contributed by atoms with Crippen molar-refractivity contribution in [2.45, 2.75) is 31.2 Å². The number of piperidine rings is 1. The minimum Gasteiger partial charge on any atom is -0.307 e. The van der Waals surface area contributed by atoms with Gasteiger partial charge >= 0.3 is 0 Å². The summed E-state index contributed by atoms with van der Waals surface area (Å²) in [7, 11) is 0. The average molecular weight is 319 g/mol. The number of aromatic nitrogens is 2. The Balaban J connectivity index is 1.55. The number of carbonyl (C=O) groups excluding carboxylic acids is 1. The van der Waals surface area contributed by atoms with Gasteiger partial charge in [0.15, 0.2) is 5.78 Å². The number of aromatic amines is 1. The summed E-state index contributed by atoms with van der Waals surface area (Å²) in [4.78, 5) is 12.9. The summed E-state index contributed by atoms with van der Waals surface area (Å²) in [5.74, 6) is 0.538. The highest BCUT2D eigenvalue weighted by Crippen LogP contribution is 2.29. The van der Waals surface area contributed by atoms with Crippen LogP contribution in [0.1, 0.15) is 29.9 Å². The van der Waals surface area contributed by atoms with Crippen LogP contribution in [0, 0.1) is 0 Å². The van der Waals surface area contributed by atoms with Gasteiger partial charge in [-0.05, 0) is 42.6 Å². The van der Waals surface area contributed by atoms with Crippen molar-refractivity contribution in [2.24, 2.45) is 0 Å². The first kappa shape index (κ1) is 15.1. The first-order chi connectivity index (χ1) is 11.8. The smallest absolute Gasteiger partial charge is 0.154 e. The molecule has 1 aliphatic heterocycles. The highest BCUT2D eigenvalue weighted by Gasteiger charge is 2.31. The van der Waals surface area contributed by atoms with Crippen LogP contribution < -0.4 is 5.32 Å². The molecule has 0 radical (unpaired) electrons. The number of hydrogen-bond donors (Lipinski definition) is 2. The molecule has 2 heterocycles. The van der Waals surface area contributed by atoms with Crippen LogP contribution >= 0.6 is 0 Å². The van der Waals surface area contributed by atoms with Gasteiger partial charge in [0.05, 0.1) is 17.8 Å². The largest absolute Gasteiger partial charge is 0.307 e.